The minimum Gasteiger partial charge on any atom is -0.390 e. The molecule has 7 nitrogen and oxygen atoms in total. The van der Waals surface area contributed by atoms with Crippen LogP contribution in [0.2, 0.25) is 0 Å². The van der Waals surface area contributed by atoms with Crippen LogP contribution in [0.5, 0.6) is 0 Å². The Balaban J connectivity index is 1.42. The molecule has 0 amide bonds. The molecular weight excluding hydrogens is 428 g/mol. The van der Waals surface area contributed by atoms with E-state index in [0.717, 1.165) is 51.6 Å². The molecule has 8 atom stereocenters. The van der Waals surface area contributed by atoms with Crippen LogP contribution in [-0.2, 0) is 16.1 Å². The average molecular weight is 473 g/mol. The molecule has 1 heterocycles. The van der Waals surface area contributed by atoms with Gasteiger partial charge in [-0.2, -0.15) is 4.80 Å². The van der Waals surface area contributed by atoms with Gasteiger partial charge in [-0.05, 0) is 125 Å². The van der Waals surface area contributed by atoms with Gasteiger partial charge in [-0.25, -0.2) is 0 Å². The van der Waals surface area contributed by atoms with Crippen LogP contribution in [0.25, 0.3) is 0 Å². The molecule has 0 bridgehead atoms. The van der Waals surface area contributed by atoms with Crippen LogP contribution in [-0.4, -0.2) is 49.9 Å². The number of aryl methyl sites for hydroxylation is 1. The van der Waals surface area contributed by atoms with Gasteiger partial charge in [0.1, 0.15) is 6.29 Å². The van der Waals surface area contributed by atoms with E-state index >= 15 is 0 Å². The molecule has 4 aliphatic carbocycles. The van der Waals surface area contributed by atoms with Crippen molar-refractivity contribution in [2.24, 2.45) is 39.9 Å². The number of rotatable bonds is 7. The largest absolute Gasteiger partial charge is 0.390 e. The number of fused-ring (bicyclic) bond motifs is 5. The highest BCUT2D eigenvalue weighted by Crippen LogP contribution is 2.71. The third-order valence-corrected chi connectivity index (χ3v) is 11.1. The molecule has 34 heavy (non-hydrogen) atoms. The number of hydrogen-bond donors (Lipinski definition) is 1. The Labute approximate surface area is 204 Å². The van der Waals surface area contributed by atoms with Gasteiger partial charge in [0.05, 0.1) is 24.9 Å². The minimum absolute atomic E-state index is 0.0313. The second-order valence-corrected chi connectivity index (χ2v) is 13.0. The SMILES string of the molecule is CC(C)OC[C@]12CC[C@@](C)(O)C[C@H]1CC[C@@H]1[C@@H]2CC[C@@]2(C)[C@H]1CC[C@@]2(C=O)CCn1ncnn1. The van der Waals surface area contributed by atoms with Gasteiger partial charge in [-0.1, -0.05) is 6.92 Å². The summed E-state index contributed by atoms with van der Waals surface area (Å²) in [6.45, 7) is 10.2. The zero-order valence-electron chi connectivity index (χ0n) is 21.6. The van der Waals surface area contributed by atoms with Crippen molar-refractivity contribution in [2.45, 2.75) is 110 Å². The number of aldehydes is 1. The Kier molecular flexibility index (Phi) is 6.20. The van der Waals surface area contributed by atoms with Crippen molar-refractivity contribution >= 4 is 6.29 Å². The van der Waals surface area contributed by atoms with Crippen molar-refractivity contribution in [3.63, 3.8) is 0 Å². The monoisotopic (exact) mass is 472 g/mol. The molecule has 0 aromatic carbocycles. The van der Waals surface area contributed by atoms with Crippen molar-refractivity contribution < 1.29 is 14.6 Å². The Hall–Kier alpha value is -1.34. The summed E-state index contributed by atoms with van der Waals surface area (Å²) in [5.41, 5.74) is -0.639. The van der Waals surface area contributed by atoms with Gasteiger partial charge < -0.3 is 14.6 Å². The number of hydrogen-bond acceptors (Lipinski definition) is 6. The van der Waals surface area contributed by atoms with Gasteiger partial charge in [0.2, 0.25) is 0 Å². The van der Waals surface area contributed by atoms with E-state index in [1.165, 1.54) is 31.9 Å². The second-order valence-electron chi connectivity index (χ2n) is 13.0. The Morgan fingerprint density at radius 2 is 1.91 bits per heavy atom. The number of nitrogens with zero attached hydrogens (tertiary/aromatic N) is 4. The third kappa shape index (κ3) is 3.76. The lowest BCUT2D eigenvalue weighted by Crippen LogP contribution is -2.59. The van der Waals surface area contributed by atoms with Crippen molar-refractivity contribution in [3.8, 4) is 0 Å². The topological polar surface area (TPSA) is 90.1 Å². The predicted molar refractivity (Wildman–Crippen MR) is 129 cm³/mol. The summed E-state index contributed by atoms with van der Waals surface area (Å²) >= 11 is 0. The molecule has 0 saturated heterocycles. The van der Waals surface area contributed by atoms with Gasteiger partial charge in [-0.15, -0.1) is 10.2 Å². The molecule has 1 aromatic rings. The Morgan fingerprint density at radius 3 is 2.62 bits per heavy atom. The lowest BCUT2D eigenvalue weighted by atomic mass is 9.42. The van der Waals surface area contributed by atoms with E-state index in [4.69, 9.17) is 4.74 Å². The van der Waals surface area contributed by atoms with Gasteiger partial charge in [0.15, 0.2) is 6.33 Å². The van der Waals surface area contributed by atoms with E-state index in [1.54, 1.807) is 4.80 Å². The van der Waals surface area contributed by atoms with Crippen LogP contribution in [0.3, 0.4) is 0 Å². The number of tetrazole rings is 1. The average Bonchev–Trinajstić information content (AvgIpc) is 3.42. The van der Waals surface area contributed by atoms with E-state index in [2.05, 4.69) is 36.2 Å². The molecule has 0 unspecified atom stereocenters. The predicted octanol–water partition coefficient (Wildman–Crippen LogP) is 4.45. The first-order valence-electron chi connectivity index (χ1n) is 13.7. The summed E-state index contributed by atoms with van der Waals surface area (Å²) in [7, 11) is 0. The first-order valence-corrected chi connectivity index (χ1v) is 13.7. The summed E-state index contributed by atoms with van der Waals surface area (Å²) in [5, 5.41) is 23.0. The van der Waals surface area contributed by atoms with Crippen LogP contribution in [0.4, 0.5) is 0 Å². The highest BCUT2D eigenvalue weighted by Gasteiger charge is 2.66. The fraction of sp³-hybridized carbons (Fsp3) is 0.926. The first kappa shape index (κ1) is 24.4. The van der Waals surface area contributed by atoms with Crippen LogP contribution >= 0.6 is 0 Å². The minimum atomic E-state index is -0.544. The van der Waals surface area contributed by atoms with E-state index in [-0.39, 0.29) is 22.3 Å². The van der Waals surface area contributed by atoms with Crippen molar-refractivity contribution in [3.05, 3.63) is 6.33 Å². The zero-order chi connectivity index (χ0) is 24.2. The molecule has 4 saturated carbocycles. The van der Waals surface area contributed by atoms with E-state index in [1.807, 2.05) is 6.92 Å². The molecule has 190 valence electrons. The van der Waals surface area contributed by atoms with Crippen LogP contribution in [0, 0.1) is 39.9 Å². The van der Waals surface area contributed by atoms with E-state index < -0.39 is 5.60 Å². The summed E-state index contributed by atoms with van der Waals surface area (Å²) in [4.78, 5) is 14.4. The fourth-order valence-corrected chi connectivity index (χ4v) is 9.26. The lowest BCUT2D eigenvalue weighted by Gasteiger charge is -2.63. The summed E-state index contributed by atoms with van der Waals surface area (Å²) in [6, 6.07) is 0. The lowest BCUT2D eigenvalue weighted by molar-refractivity contribution is -0.187. The highest BCUT2D eigenvalue weighted by atomic mass is 16.5. The Morgan fingerprint density at radius 1 is 1.12 bits per heavy atom. The molecule has 0 radical (unpaired) electrons. The normalized spacial score (nSPS) is 46.1. The molecule has 0 aliphatic heterocycles. The van der Waals surface area contributed by atoms with E-state index in [9.17, 15) is 9.90 Å². The maximum Gasteiger partial charge on any atom is 0.162 e. The van der Waals surface area contributed by atoms with E-state index in [0.29, 0.717) is 30.2 Å². The van der Waals surface area contributed by atoms with Crippen molar-refractivity contribution in [1.29, 1.82) is 0 Å². The molecule has 5 rings (SSSR count). The number of carbonyl (C=O) groups excluding carboxylic acids is 1. The van der Waals surface area contributed by atoms with Gasteiger partial charge >= 0.3 is 0 Å². The van der Waals surface area contributed by atoms with Crippen molar-refractivity contribution in [1.82, 2.24) is 20.2 Å². The molecule has 4 aliphatic rings. The molecule has 4 fully saturated rings. The maximum atomic E-state index is 12.7. The van der Waals surface area contributed by atoms with Crippen LogP contribution in [0.1, 0.15) is 91.9 Å². The quantitative estimate of drug-likeness (QED) is 0.590. The standard InChI is InChI=1S/C27H44N4O3/c1-19(2)34-17-27-12-11-24(3,33)15-20(27)5-6-21-22-8-10-26(16-32,13-14-31-29-18-28-30-31)25(22,4)9-7-23(21)27/h16,18-23,33H,5-15,17H2,1-4H3/t20-,21+,22+,23+,24-,25+,26+,27-/m1/s1. The molecule has 1 aromatic heterocycles. The summed E-state index contributed by atoms with van der Waals surface area (Å²) < 4.78 is 6.38. The highest BCUT2D eigenvalue weighted by molar-refractivity contribution is 5.62. The zero-order valence-corrected chi connectivity index (χ0v) is 21.6. The first-order chi connectivity index (χ1) is 16.1. The smallest absolute Gasteiger partial charge is 0.162 e. The van der Waals surface area contributed by atoms with Crippen molar-refractivity contribution in [2.75, 3.05) is 6.61 Å². The van der Waals surface area contributed by atoms with Crippen LogP contribution in [0.15, 0.2) is 6.33 Å². The Bertz CT molecular complexity index is 869. The summed E-state index contributed by atoms with van der Waals surface area (Å²) in [6.07, 6.45) is 13.5. The summed E-state index contributed by atoms with van der Waals surface area (Å²) in [5.74, 6) is 2.41. The number of aromatic nitrogens is 4. The van der Waals surface area contributed by atoms with Gasteiger partial charge in [0, 0.05) is 5.41 Å². The molecular formula is C27H44N4O3. The molecule has 0 spiro atoms. The van der Waals surface area contributed by atoms with Gasteiger partial charge in [-0.3, -0.25) is 0 Å². The third-order valence-electron chi connectivity index (χ3n) is 11.1. The number of carbonyl (C=O) groups is 1. The van der Waals surface area contributed by atoms with Gasteiger partial charge in [0.25, 0.3) is 0 Å². The molecule has 7 heteroatoms. The maximum absolute atomic E-state index is 12.7. The fourth-order valence-electron chi connectivity index (χ4n) is 9.26. The number of ether oxygens (including phenoxy) is 1. The number of aliphatic hydroxyl groups is 1. The van der Waals surface area contributed by atoms with Crippen LogP contribution < -0.4 is 0 Å². The second kappa shape index (κ2) is 8.65. The molecule has 1 N–H and O–H groups in total.